The van der Waals surface area contributed by atoms with Crippen LogP contribution in [0.4, 0.5) is 0 Å². The number of aryl methyl sites for hydroxylation is 1. The van der Waals surface area contributed by atoms with Crippen LogP contribution in [0.3, 0.4) is 0 Å². The molecule has 7 heteroatoms. The van der Waals surface area contributed by atoms with Gasteiger partial charge in [-0.15, -0.1) is 35.3 Å². The average Bonchev–Trinajstić information content (AvgIpc) is 3.06. The Kier molecular flexibility index (Phi) is 9.08. The van der Waals surface area contributed by atoms with Crippen molar-refractivity contribution in [3.8, 4) is 0 Å². The van der Waals surface area contributed by atoms with Crippen LogP contribution < -0.4 is 10.6 Å². The zero-order chi connectivity index (χ0) is 15.1. The van der Waals surface area contributed by atoms with Gasteiger partial charge in [-0.25, -0.2) is 4.98 Å². The molecule has 0 saturated carbocycles. The fourth-order valence-corrected chi connectivity index (χ4v) is 4.37. The van der Waals surface area contributed by atoms with Crippen LogP contribution in [0.15, 0.2) is 11.2 Å². The Morgan fingerprint density at radius 1 is 1.45 bits per heavy atom. The van der Waals surface area contributed by atoms with Gasteiger partial charge in [-0.05, 0) is 39.4 Å². The van der Waals surface area contributed by atoms with Crippen LogP contribution in [0.5, 0.6) is 0 Å². The molecule has 1 aliphatic heterocycles. The lowest BCUT2D eigenvalue weighted by Gasteiger charge is -2.21. The van der Waals surface area contributed by atoms with E-state index in [2.05, 4.69) is 48.2 Å². The Labute approximate surface area is 159 Å². The summed E-state index contributed by atoms with van der Waals surface area (Å²) < 4.78 is 0.328. The van der Waals surface area contributed by atoms with Gasteiger partial charge in [0.2, 0.25) is 0 Å². The smallest absolute Gasteiger partial charge is 0.191 e. The summed E-state index contributed by atoms with van der Waals surface area (Å²) in [5.74, 6) is 2.21. The van der Waals surface area contributed by atoms with Crippen LogP contribution in [0.2, 0.25) is 0 Å². The molecular formula is C15H27IN4S2. The van der Waals surface area contributed by atoms with E-state index < -0.39 is 0 Å². The maximum Gasteiger partial charge on any atom is 0.191 e. The molecule has 1 aromatic heterocycles. The Bertz CT molecular complexity index is 470. The molecule has 1 atom stereocenters. The minimum absolute atomic E-state index is 0. The zero-order valence-electron chi connectivity index (χ0n) is 13.6. The summed E-state index contributed by atoms with van der Waals surface area (Å²) in [6, 6.07) is 0. The van der Waals surface area contributed by atoms with Crippen LogP contribution in [0.1, 0.15) is 36.6 Å². The molecule has 0 radical (unpaired) electrons. The molecule has 1 aromatic rings. The maximum atomic E-state index is 4.76. The summed E-state index contributed by atoms with van der Waals surface area (Å²) in [7, 11) is 0. The first kappa shape index (κ1) is 20.0. The van der Waals surface area contributed by atoms with Crippen LogP contribution in [-0.4, -0.2) is 41.1 Å². The molecule has 126 valence electrons. The molecule has 2 heterocycles. The monoisotopic (exact) mass is 454 g/mol. The van der Waals surface area contributed by atoms with Gasteiger partial charge in [0.15, 0.2) is 5.96 Å². The molecule has 2 N–H and O–H groups in total. The number of hydrogen-bond acceptors (Lipinski definition) is 4. The second-order valence-corrected chi connectivity index (χ2v) is 8.64. The van der Waals surface area contributed by atoms with Gasteiger partial charge in [-0.1, -0.05) is 0 Å². The molecule has 1 fully saturated rings. The summed E-state index contributed by atoms with van der Waals surface area (Å²) in [5.41, 5.74) is 0. The van der Waals surface area contributed by atoms with Crippen LogP contribution in [0, 0.1) is 6.92 Å². The second-order valence-electron chi connectivity index (χ2n) is 5.64. The zero-order valence-corrected chi connectivity index (χ0v) is 17.6. The third kappa shape index (κ3) is 6.62. The number of aromatic nitrogens is 1. The number of guanidine groups is 1. The predicted octanol–water partition coefficient (Wildman–Crippen LogP) is 3.45. The van der Waals surface area contributed by atoms with Gasteiger partial charge in [0.05, 0.1) is 11.6 Å². The van der Waals surface area contributed by atoms with Crippen molar-refractivity contribution in [2.75, 3.05) is 25.4 Å². The third-order valence-corrected chi connectivity index (χ3v) is 6.01. The molecular weight excluding hydrogens is 427 g/mol. The number of nitrogens with zero attached hydrogens (tertiary/aromatic N) is 2. The second kappa shape index (κ2) is 9.97. The SMILES string of the molecule is CCNC(=NCC1(C)CCCS1)NCCc1ncc(C)s1.I. The molecule has 1 saturated heterocycles. The van der Waals surface area contributed by atoms with Gasteiger partial charge < -0.3 is 10.6 Å². The maximum absolute atomic E-state index is 4.76. The number of thiazole rings is 1. The molecule has 0 spiro atoms. The van der Waals surface area contributed by atoms with E-state index >= 15 is 0 Å². The van der Waals surface area contributed by atoms with Gasteiger partial charge >= 0.3 is 0 Å². The quantitative estimate of drug-likeness (QED) is 0.393. The minimum Gasteiger partial charge on any atom is -0.357 e. The fraction of sp³-hybridized carbons (Fsp3) is 0.733. The lowest BCUT2D eigenvalue weighted by molar-refractivity contribution is 0.614. The molecule has 22 heavy (non-hydrogen) atoms. The highest BCUT2D eigenvalue weighted by molar-refractivity contribution is 14.0. The summed E-state index contributed by atoms with van der Waals surface area (Å²) in [5, 5.41) is 7.93. The van der Waals surface area contributed by atoms with Crippen molar-refractivity contribution in [2.45, 2.75) is 44.8 Å². The van der Waals surface area contributed by atoms with Crippen molar-refractivity contribution in [2.24, 2.45) is 4.99 Å². The Morgan fingerprint density at radius 2 is 2.27 bits per heavy atom. The summed E-state index contributed by atoms with van der Waals surface area (Å²) in [6.45, 7) is 9.20. The number of halogens is 1. The first-order valence-electron chi connectivity index (χ1n) is 7.69. The van der Waals surface area contributed by atoms with Crippen LogP contribution >= 0.6 is 47.1 Å². The lowest BCUT2D eigenvalue weighted by atomic mass is 10.1. The first-order chi connectivity index (χ1) is 10.1. The van der Waals surface area contributed by atoms with Crippen molar-refractivity contribution in [3.05, 3.63) is 16.1 Å². The molecule has 1 unspecified atom stereocenters. The standard InChI is InChI=1S/C15H26N4S2.HI/c1-4-16-14(19-11-15(3)7-5-9-20-15)17-8-6-13-18-10-12(2)21-13;/h10H,4-9,11H2,1-3H3,(H2,16,17,19);1H. The van der Waals surface area contributed by atoms with Crippen molar-refractivity contribution < 1.29 is 0 Å². The number of aliphatic imine (C=N–C) groups is 1. The van der Waals surface area contributed by atoms with E-state index in [4.69, 9.17) is 4.99 Å². The predicted molar refractivity (Wildman–Crippen MR) is 110 cm³/mol. The van der Waals surface area contributed by atoms with E-state index in [-0.39, 0.29) is 24.0 Å². The first-order valence-corrected chi connectivity index (χ1v) is 9.49. The minimum atomic E-state index is 0. The van der Waals surface area contributed by atoms with Crippen molar-refractivity contribution >= 4 is 53.0 Å². The van der Waals surface area contributed by atoms with E-state index in [1.54, 1.807) is 11.3 Å². The molecule has 0 bridgehead atoms. The lowest BCUT2D eigenvalue weighted by Crippen LogP contribution is -2.39. The molecule has 0 aliphatic carbocycles. The van der Waals surface area contributed by atoms with Gasteiger partial charge in [0.1, 0.15) is 0 Å². The molecule has 2 rings (SSSR count). The number of nitrogens with one attached hydrogen (secondary N) is 2. The molecule has 4 nitrogen and oxygen atoms in total. The van der Waals surface area contributed by atoms with E-state index in [1.165, 1.54) is 28.5 Å². The fourth-order valence-electron chi connectivity index (χ4n) is 2.35. The van der Waals surface area contributed by atoms with Crippen LogP contribution in [0.25, 0.3) is 0 Å². The van der Waals surface area contributed by atoms with Crippen LogP contribution in [-0.2, 0) is 6.42 Å². The summed E-state index contributed by atoms with van der Waals surface area (Å²) >= 11 is 3.83. The molecule has 0 aromatic carbocycles. The van der Waals surface area contributed by atoms with E-state index in [0.717, 1.165) is 32.0 Å². The number of thioether (sulfide) groups is 1. The van der Waals surface area contributed by atoms with E-state index in [1.807, 2.05) is 6.20 Å². The van der Waals surface area contributed by atoms with Crippen molar-refractivity contribution in [3.63, 3.8) is 0 Å². The number of hydrogen-bond donors (Lipinski definition) is 2. The van der Waals surface area contributed by atoms with Crippen molar-refractivity contribution in [1.82, 2.24) is 15.6 Å². The Morgan fingerprint density at radius 3 is 2.86 bits per heavy atom. The van der Waals surface area contributed by atoms with Gasteiger partial charge in [-0.2, -0.15) is 11.8 Å². The largest absolute Gasteiger partial charge is 0.357 e. The molecule has 0 amide bonds. The van der Waals surface area contributed by atoms with E-state index in [9.17, 15) is 0 Å². The van der Waals surface area contributed by atoms with Gasteiger partial charge in [0, 0.05) is 35.3 Å². The Balaban J connectivity index is 0.00000242. The highest BCUT2D eigenvalue weighted by Gasteiger charge is 2.29. The highest BCUT2D eigenvalue weighted by atomic mass is 127. The molecule has 1 aliphatic rings. The topological polar surface area (TPSA) is 49.3 Å². The van der Waals surface area contributed by atoms with Crippen molar-refractivity contribution in [1.29, 1.82) is 0 Å². The number of rotatable bonds is 6. The van der Waals surface area contributed by atoms with Gasteiger partial charge in [0.25, 0.3) is 0 Å². The Hall–Kier alpha value is -0.0200. The van der Waals surface area contributed by atoms with E-state index in [0.29, 0.717) is 4.75 Å². The summed E-state index contributed by atoms with van der Waals surface area (Å²) in [6.07, 6.45) is 5.50. The average molecular weight is 454 g/mol. The van der Waals surface area contributed by atoms with Gasteiger partial charge in [-0.3, -0.25) is 4.99 Å². The summed E-state index contributed by atoms with van der Waals surface area (Å²) in [4.78, 5) is 10.4. The normalized spacial score (nSPS) is 21.5. The highest BCUT2D eigenvalue weighted by Crippen LogP contribution is 2.37. The third-order valence-electron chi connectivity index (χ3n) is 3.52.